The van der Waals surface area contributed by atoms with E-state index >= 15 is 0 Å². The van der Waals surface area contributed by atoms with Crippen molar-refractivity contribution in [1.29, 1.82) is 0 Å². The van der Waals surface area contributed by atoms with Gasteiger partial charge in [-0.1, -0.05) is 83.8 Å². The van der Waals surface area contributed by atoms with Gasteiger partial charge in [-0.15, -0.1) is 0 Å². The van der Waals surface area contributed by atoms with Gasteiger partial charge in [0.2, 0.25) is 5.91 Å². The van der Waals surface area contributed by atoms with Crippen molar-refractivity contribution in [1.82, 2.24) is 14.7 Å². The number of nitrogens with zero attached hydrogens (tertiary/aromatic N) is 3. The van der Waals surface area contributed by atoms with Crippen LogP contribution in [-0.4, -0.2) is 39.6 Å². The second kappa shape index (κ2) is 11.3. The molecule has 3 aromatic rings. The first kappa shape index (κ1) is 28.7. The lowest BCUT2D eigenvalue weighted by atomic mass is 9.86. The molecular formula is C29H36Cl2N4O2. The van der Waals surface area contributed by atoms with Gasteiger partial charge in [-0.05, 0) is 47.7 Å². The summed E-state index contributed by atoms with van der Waals surface area (Å²) in [5, 5.41) is 8.50. The highest BCUT2D eigenvalue weighted by Crippen LogP contribution is 2.29. The van der Waals surface area contributed by atoms with Crippen LogP contribution >= 0.6 is 23.2 Å². The topological polar surface area (TPSA) is 67.2 Å². The van der Waals surface area contributed by atoms with E-state index in [2.05, 4.69) is 26.1 Å². The molecule has 3 rings (SSSR count). The fourth-order valence-corrected chi connectivity index (χ4v) is 4.12. The maximum atomic E-state index is 13.3. The van der Waals surface area contributed by atoms with Crippen molar-refractivity contribution in [2.45, 2.75) is 65.7 Å². The number of carbonyl (C=O) groups is 2. The molecule has 0 saturated heterocycles. The quantitative estimate of drug-likeness (QED) is 0.341. The number of nitrogens with one attached hydrogen (secondary N) is 1. The maximum Gasteiger partial charge on any atom is 0.254 e. The van der Waals surface area contributed by atoms with Crippen LogP contribution in [0.5, 0.6) is 0 Å². The summed E-state index contributed by atoms with van der Waals surface area (Å²) < 4.78 is 1.64. The summed E-state index contributed by atoms with van der Waals surface area (Å²) in [6, 6.07) is 14.6. The molecule has 0 aliphatic rings. The molecule has 0 fully saturated rings. The average Bonchev–Trinajstić information content (AvgIpc) is 3.24. The Morgan fingerprint density at radius 2 is 1.57 bits per heavy atom. The molecule has 1 aromatic heterocycles. The molecule has 1 N–H and O–H groups in total. The number of hydrogen-bond acceptors (Lipinski definition) is 3. The maximum absolute atomic E-state index is 13.3. The summed E-state index contributed by atoms with van der Waals surface area (Å²) >= 11 is 12.3. The minimum Gasteiger partial charge on any atom is -0.329 e. The highest BCUT2D eigenvalue weighted by molar-refractivity contribution is 6.42. The Morgan fingerprint density at radius 1 is 0.919 bits per heavy atom. The van der Waals surface area contributed by atoms with Crippen LogP contribution in [-0.2, 0) is 15.6 Å². The van der Waals surface area contributed by atoms with Crippen molar-refractivity contribution in [3.05, 3.63) is 75.4 Å². The number of halogens is 2. The second-order valence-electron chi connectivity index (χ2n) is 11.3. The molecule has 6 nitrogen and oxygen atoms in total. The zero-order valence-electron chi connectivity index (χ0n) is 22.7. The van der Waals surface area contributed by atoms with E-state index in [0.717, 1.165) is 17.7 Å². The van der Waals surface area contributed by atoms with Crippen LogP contribution < -0.4 is 5.32 Å². The Hall–Kier alpha value is -2.83. The Kier molecular flexibility index (Phi) is 8.76. The first-order chi connectivity index (χ1) is 17.2. The number of rotatable bonds is 7. The fraction of sp³-hybridized carbons (Fsp3) is 0.414. The van der Waals surface area contributed by atoms with E-state index in [0.29, 0.717) is 33.7 Å². The third-order valence-electron chi connectivity index (χ3n) is 6.01. The second-order valence-corrected chi connectivity index (χ2v) is 12.1. The number of amides is 2. The number of aromatic nitrogens is 2. The van der Waals surface area contributed by atoms with E-state index in [1.165, 1.54) is 0 Å². The molecule has 198 valence electrons. The Bertz CT molecular complexity index is 1270. The van der Waals surface area contributed by atoms with Gasteiger partial charge in [-0.2, -0.15) is 5.10 Å². The number of carbonyl (C=O) groups excluding carboxylic acids is 2. The lowest BCUT2D eigenvalue weighted by molar-refractivity contribution is -0.116. The number of hydrogen-bond donors (Lipinski definition) is 1. The molecule has 0 saturated carbocycles. The van der Waals surface area contributed by atoms with Gasteiger partial charge >= 0.3 is 0 Å². The predicted octanol–water partition coefficient (Wildman–Crippen LogP) is 7.27. The van der Waals surface area contributed by atoms with Gasteiger partial charge in [0.05, 0.1) is 21.4 Å². The molecule has 37 heavy (non-hydrogen) atoms. The van der Waals surface area contributed by atoms with Gasteiger partial charge in [0.25, 0.3) is 5.91 Å². The molecule has 0 atom stereocenters. The summed E-state index contributed by atoms with van der Waals surface area (Å²) in [5.74, 6) is 0.00681. The van der Waals surface area contributed by atoms with Crippen LogP contribution in [0.1, 0.15) is 76.5 Å². The largest absolute Gasteiger partial charge is 0.329 e. The smallest absolute Gasteiger partial charge is 0.254 e. The molecule has 0 aliphatic carbocycles. The highest BCUT2D eigenvalue weighted by atomic mass is 35.5. The number of benzene rings is 2. The molecule has 0 aliphatic heterocycles. The SMILES string of the molecule is CCCN(CC(=O)Nc1cc(C(C)(C)C)nn1-c1ccc(Cl)c(Cl)c1)C(=O)c1ccc(C(C)(C)C)cc1. The zero-order valence-corrected chi connectivity index (χ0v) is 24.2. The van der Waals surface area contributed by atoms with Crippen LogP contribution in [0.25, 0.3) is 5.69 Å². The van der Waals surface area contributed by atoms with Gasteiger partial charge in [0, 0.05) is 23.6 Å². The van der Waals surface area contributed by atoms with E-state index in [1.807, 2.05) is 58.0 Å². The predicted molar refractivity (Wildman–Crippen MR) is 152 cm³/mol. The standard InChI is InChI=1S/C29H36Cl2N4O2/c1-8-15-34(27(37)19-9-11-20(12-10-19)28(2,3)4)18-26(36)32-25-17-24(29(5,6)7)33-35(25)21-13-14-22(30)23(31)16-21/h9-14,16-17H,8,15,18H2,1-7H3,(H,32,36). The first-order valence-corrected chi connectivity index (χ1v) is 13.2. The van der Waals surface area contributed by atoms with Gasteiger partial charge in [-0.3, -0.25) is 9.59 Å². The summed E-state index contributed by atoms with van der Waals surface area (Å²) in [7, 11) is 0. The molecule has 1 heterocycles. The summed E-state index contributed by atoms with van der Waals surface area (Å²) in [4.78, 5) is 28.0. The third kappa shape index (κ3) is 7.14. The lowest BCUT2D eigenvalue weighted by Gasteiger charge is -2.23. The van der Waals surface area contributed by atoms with Gasteiger partial charge in [0.1, 0.15) is 12.4 Å². The van der Waals surface area contributed by atoms with Crippen molar-refractivity contribution < 1.29 is 9.59 Å². The highest BCUT2D eigenvalue weighted by Gasteiger charge is 2.24. The molecular weight excluding hydrogens is 507 g/mol. The van der Waals surface area contributed by atoms with Crippen LogP contribution in [0.4, 0.5) is 5.82 Å². The zero-order chi connectivity index (χ0) is 27.5. The van der Waals surface area contributed by atoms with Crippen molar-refractivity contribution in [3.8, 4) is 5.69 Å². The molecule has 0 spiro atoms. The number of anilines is 1. The molecule has 8 heteroatoms. The van der Waals surface area contributed by atoms with Crippen LogP contribution in [0.3, 0.4) is 0 Å². The summed E-state index contributed by atoms with van der Waals surface area (Å²) in [5.41, 5.74) is 2.92. The van der Waals surface area contributed by atoms with Crippen LogP contribution in [0, 0.1) is 0 Å². The lowest BCUT2D eigenvalue weighted by Crippen LogP contribution is -2.38. The monoisotopic (exact) mass is 542 g/mol. The van der Waals surface area contributed by atoms with Crippen molar-refractivity contribution in [3.63, 3.8) is 0 Å². The van der Waals surface area contributed by atoms with Crippen LogP contribution in [0.2, 0.25) is 10.0 Å². The normalized spacial score (nSPS) is 11.9. The van der Waals surface area contributed by atoms with Crippen molar-refractivity contribution >= 4 is 40.8 Å². The first-order valence-electron chi connectivity index (χ1n) is 12.5. The third-order valence-corrected chi connectivity index (χ3v) is 6.75. The van der Waals surface area contributed by atoms with Crippen molar-refractivity contribution in [2.75, 3.05) is 18.4 Å². The molecule has 0 radical (unpaired) electrons. The van der Waals surface area contributed by atoms with E-state index < -0.39 is 0 Å². The average molecular weight is 544 g/mol. The van der Waals surface area contributed by atoms with Gasteiger partial charge < -0.3 is 10.2 Å². The van der Waals surface area contributed by atoms with E-state index in [1.54, 1.807) is 27.8 Å². The Balaban J connectivity index is 1.85. The minimum absolute atomic E-state index is 0.00621. The van der Waals surface area contributed by atoms with E-state index in [4.69, 9.17) is 28.3 Å². The Labute approximate surface area is 230 Å². The van der Waals surface area contributed by atoms with Gasteiger partial charge in [-0.25, -0.2) is 4.68 Å². The molecule has 0 unspecified atom stereocenters. The van der Waals surface area contributed by atoms with Crippen molar-refractivity contribution in [2.24, 2.45) is 0 Å². The summed E-state index contributed by atoms with van der Waals surface area (Å²) in [6.07, 6.45) is 0.731. The molecule has 0 bridgehead atoms. The van der Waals surface area contributed by atoms with E-state index in [-0.39, 0.29) is 29.2 Å². The minimum atomic E-state index is -0.310. The molecule has 2 aromatic carbocycles. The van der Waals surface area contributed by atoms with Gasteiger partial charge in [0.15, 0.2) is 0 Å². The van der Waals surface area contributed by atoms with Crippen LogP contribution in [0.15, 0.2) is 48.5 Å². The fourth-order valence-electron chi connectivity index (χ4n) is 3.82. The summed E-state index contributed by atoms with van der Waals surface area (Å²) in [6.45, 7) is 14.9. The molecule has 2 amide bonds. The Morgan fingerprint density at radius 3 is 2.11 bits per heavy atom. The van der Waals surface area contributed by atoms with E-state index in [9.17, 15) is 9.59 Å².